The molecule has 1 aliphatic carbocycles. The highest BCUT2D eigenvalue weighted by atomic mass is 35.5. The van der Waals surface area contributed by atoms with Crippen molar-refractivity contribution in [1.82, 2.24) is 16.0 Å². The number of carbonyl (C=O) groups is 1. The first-order valence-corrected chi connectivity index (χ1v) is 12.2. The Labute approximate surface area is 199 Å². The quantitative estimate of drug-likeness (QED) is 0.276. The van der Waals surface area contributed by atoms with Gasteiger partial charge in [0.15, 0.2) is 0 Å². The highest BCUT2D eigenvalue weighted by molar-refractivity contribution is 7.99. The van der Waals surface area contributed by atoms with Crippen LogP contribution in [0.1, 0.15) is 50.5 Å². The minimum absolute atomic E-state index is 0. The molecule has 2 fully saturated rings. The Morgan fingerprint density at radius 3 is 2.58 bits per heavy atom. The van der Waals surface area contributed by atoms with Crippen LogP contribution in [0.15, 0.2) is 24.3 Å². The van der Waals surface area contributed by atoms with Crippen LogP contribution < -0.4 is 16.0 Å². The monoisotopic (exact) mass is 486 g/mol. The molecule has 7 nitrogen and oxygen atoms in total. The van der Waals surface area contributed by atoms with Crippen LogP contribution in [0.5, 0.6) is 0 Å². The average molecular weight is 487 g/mol. The standard InChI is InChI=1S/C21H30N4O3S2.ClH/c26-20(19-13-30-14-23-19)24-18(11-8-15-4-2-1-3-5-15)21(29)22-12-16-6-9-17(10-7-16)25(27)28;/h6-7,9-10,15,18-19,23H,1-5,8,11-14H2,(H,22,29)(H,24,26);1H/t18-,19+;/m1./s1. The topological polar surface area (TPSA) is 96.3 Å². The zero-order chi connectivity index (χ0) is 21.3. The molecule has 2 atom stereocenters. The second-order valence-electron chi connectivity index (χ2n) is 8.06. The number of non-ortho nitro benzene ring substituents is 1. The van der Waals surface area contributed by atoms with Crippen molar-refractivity contribution in [1.29, 1.82) is 0 Å². The summed E-state index contributed by atoms with van der Waals surface area (Å²) >= 11 is 7.37. The first-order valence-electron chi connectivity index (χ1n) is 10.7. The Balaban J connectivity index is 0.00000341. The Kier molecular flexibility index (Phi) is 11.0. The van der Waals surface area contributed by atoms with Gasteiger partial charge in [0.1, 0.15) is 0 Å². The van der Waals surface area contributed by atoms with Crippen LogP contribution in [0.4, 0.5) is 5.69 Å². The molecule has 0 bridgehead atoms. The lowest BCUT2D eigenvalue weighted by Gasteiger charge is -2.26. The summed E-state index contributed by atoms with van der Waals surface area (Å²) in [5.74, 6) is 2.31. The van der Waals surface area contributed by atoms with E-state index in [4.69, 9.17) is 12.2 Å². The third-order valence-electron chi connectivity index (χ3n) is 5.87. The summed E-state index contributed by atoms with van der Waals surface area (Å²) in [6, 6.07) is 6.08. The number of hydrogen-bond acceptors (Lipinski definition) is 6. The Hall–Kier alpha value is -1.42. The Bertz CT molecular complexity index is 739. The second kappa shape index (κ2) is 13.2. The van der Waals surface area contributed by atoms with Crippen LogP contribution in [-0.4, -0.2) is 39.5 Å². The van der Waals surface area contributed by atoms with E-state index in [0.29, 0.717) is 11.5 Å². The molecule has 31 heavy (non-hydrogen) atoms. The van der Waals surface area contributed by atoms with E-state index in [-0.39, 0.29) is 36.1 Å². The first-order chi connectivity index (χ1) is 14.5. The molecule has 1 aromatic rings. The van der Waals surface area contributed by atoms with Crippen molar-refractivity contribution < 1.29 is 9.72 Å². The Morgan fingerprint density at radius 2 is 1.97 bits per heavy atom. The van der Waals surface area contributed by atoms with Crippen molar-refractivity contribution in [3.05, 3.63) is 39.9 Å². The van der Waals surface area contributed by atoms with Crippen LogP contribution in [0.2, 0.25) is 0 Å². The highest BCUT2D eigenvalue weighted by Gasteiger charge is 2.27. The van der Waals surface area contributed by atoms with Gasteiger partial charge in [0.25, 0.3) is 5.69 Å². The number of nitro groups is 1. The molecule has 1 saturated heterocycles. The maximum absolute atomic E-state index is 12.6. The molecule has 10 heteroatoms. The molecule has 1 amide bonds. The van der Waals surface area contributed by atoms with Gasteiger partial charge in [0.05, 0.1) is 22.0 Å². The number of thiocarbonyl (C=S) groups is 1. The van der Waals surface area contributed by atoms with E-state index in [2.05, 4.69) is 16.0 Å². The number of hydrogen-bond donors (Lipinski definition) is 3. The van der Waals surface area contributed by atoms with Crippen molar-refractivity contribution in [3.63, 3.8) is 0 Å². The van der Waals surface area contributed by atoms with Gasteiger partial charge in [-0.3, -0.25) is 20.2 Å². The molecule has 1 heterocycles. The van der Waals surface area contributed by atoms with E-state index in [0.717, 1.165) is 36.0 Å². The molecule has 3 N–H and O–H groups in total. The molecule has 1 aromatic carbocycles. The summed E-state index contributed by atoms with van der Waals surface area (Å²) in [5, 5.41) is 20.4. The van der Waals surface area contributed by atoms with Crippen LogP contribution in [0.25, 0.3) is 0 Å². The molecule has 3 rings (SSSR count). The van der Waals surface area contributed by atoms with Gasteiger partial charge in [-0.05, 0) is 24.3 Å². The fraction of sp³-hybridized carbons (Fsp3) is 0.619. The normalized spacial score (nSPS) is 19.8. The summed E-state index contributed by atoms with van der Waals surface area (Å²) < 4.78 is 0. The number of carbonyl (C=O) groups excluding carboxylic acids is 1. The third kappa shape index (κ3) is 8.21. The van der Waals surface area contributed by atoms with E-state index in [1.54, 1.807) is 23.9 Å². The van der Waals surface area contributed by atoms with E-state index in [1.807, 2.05) is 0 Å². The number of benzene rings is 1. The number of nitrogens with zero attached hydrogens (tertiary/aromatic N) is 1. The Morgan fingerprint density at radius 1 is 1.26 bits per heavy atom. The lowest BCUT2D eigenvalue weighted by molar-refractivity contribution is -0.384. The molecule has 2 aliphatic rings. The van der Waals surface area contributed by atoms with Gasteiger partial charge in [-0.1, -0.05) is 56.5 Å². The van der Waals surface area contributed by atoms with E-state index < -0.39 is 4.92 Å². The fourth-order valence-electron chi connectivity index (χ4n) is 4.03. The number of rotatable bonds is 9. The van der Waals surface area contributed by atoms with Crippen molar-refractivity contribution in [2.45, 2.75) is 63.6 Å². The molecule has 1 saturated carbocycles. The van der Waals surface area contributed by atoms with Crippen molar-refractivity contribution in [2.75, 3.05) is 11.6 Å². The lowest BCUT2D eigenvalue weighted by atomic mass is 9.85. The van der Waals surface area contributed by atoms with Gasteiger partial charge in [0.2, 0.25) is 5.91 Å². The van der Waals surface area contributed by atoms with Gasteiger partial charge in [-0.25, -0.2) is 0 Å². The van der Waals surface area contributed by atoms with Gasteiger partial charge >= 0.3 is 0 Å². The van der Waals surface area contributed by atoms with Crippen LogP contribution in [0, 0.1) is 16.0 Å². The SMILES string of the molecule is Cl.O=C(N[C@H](CCC1CCCCC1)C(=S)NCc1ccc([N+](=O)[O-])cc1)[C@@H]1CSCN1. The number of halogens is 1. The maximum atomic E-state index is 12.6. The molecule has 0 aromatic heterocycles. The van der Waals surface area contributed by atoms with Crippen molar-refractivity contribution in [2.24, 2.45) is 5.92 Å². The molecule has 0 unspecified atom stereocenters. The van der Waals surface area contributed by atoms with Crippen molar-refractivity contribution in [3.8, 4) is 0 Å². The first kappa shape index (κ1) is 25.8. The van der Waals surface area contributed by atoms with E-state index >= 15 is 0 Å². The summed E-state index contributed by atoms with van der Waals surface area (Å²) in [6.45, 7) is 0.476. The predicted molar refractivity (Wildman–Crippen MR) is 132 cm³/mol. The highest BCUT2D eigenvalue weighted by Crippen LogP contribution is 2.28. The van der Waals surface area contributed by atoms with Gasteiger partial charge < -0.3 is 10.6 Å². The maximum Gasteiger partial charge on any atom is 0.269 e. The number of thioether (sulfide) groups is 1. The molecule has 172 valence electrons. The molecule has 0 spiro atoms. The second-order valence-corrected chi connectivity index (χ2v) is 9.53. The summed E-state index contributed by atoms with van der Waals surface area (Å²) in [5.41, 5.74) is 0.982. The minimum Gasteiger partial charge on any atom is -0.374 e. The van der Waals surface area contributed by atoms with Gasteiger partial charge in [-0.15, -0.1) is 24.2 Å². The average Bonchev–Trinajstić information content (AvgIpc) is 3.31. The van der Waals surface area contributed by atoms with E-state index in [1.165, 1.54) is 44.2 Å². The summed E-state index contributed by atoms with van der Waals surface area (Å²) in [4.78, 5) is 23.7. The molecular formula is C21H31ClN4O3S2. The van der Waals surface area contributed by atoms with Crippen LogP contribution in [0.3, 0.4) is 0 Å². The largest absolute Gasteiger partial charge is 0.374 e. The smallest absolute Gasteiger partial charge is 0.269 e. The molecule has 0 radical (unpaired) electrons. The van der Waals surface area contributed by atoms with E-state index in [9.17, 15) is 14.9 Å². The van der Waals surface area contributed by atoms with Crippen LogP contribution in [-0.2, 0) is 11.3 Å². The zero-order valence-electron chi connectivity index (χ0n) is 17.5. The fourth-order valence-corrected chi connectivity index (χ4v) is 5.22. The van der Waals surface area contributed by atoms with Gasteiger partial charge in [-0.2, -0.15) is 0 Å². The van der Waals surface area contributed by atoms with Gasteiger partial charge in [0, 0.05) is 30.3 Å². The molecular weight excluding hydrogens is 456 g/mol. The zero-order valence-corrected chi connectivity index (χ0v) is 20.0. The predicted octanol–water partition coefficient (Wildman–Crippen LogP) is 3.94. The number of nitro benzene ring substituents is 1. The van der Waals surface area contributed by atoms with Crippen LogP contribution >= 0.6 is 36.4 Å². The summed E-state index contributed by atoms with van der Waals surface area (Å²) in [6.07, 6.45) is 8.37. The lowest BCUT2D eigenvalue weighted by Crippen LogP contribution is -2.51. The third-order valence-corrected chi connectivity index (χ3v) is 7.24. The number of amides is 1. The molecule has 1 aliphatic heterocycles. The summed E-state index contributed by atoms with van der Waals surface area (Å²) in [7, 11) is 0. The van der Waals surface area contributed by atoms with Crippen molar-refractivity contribution >= 4 is 53.0 Å². The minimum atomic E-state index is -0.409. The number of nitrogens with one attached hydrogen (secondary N) is 3.